The van der Waals surface area contributed by atoms with Crippen molar-refractivity contribution in [3.05, 3.63) is 54.1 Å². The molecule has 0 saturated heterocycles. The molecule has 24 heavy (non-hydrogen) atoms. The minimum absolute atomic E-state index is 0.521. The van der Waals surface area contributed by atoms with Gasteiger partial charge in [0.1, 0.15) is 30.8 Å². The predicted octanol–water partition coefficient (Wildman–Crippen LogP) is 2.24. The van der Waals surface area contributed by atoms with Gasteiger partial charge < -0.3 is 4.74 Å². The highest BCUT2D eigenvalue weighted by molar-refractivity contribution is 5.28. The maximum Gasteiger partial charge on any atom is 0.172 e. The lowest BCUT2D eigenvalue weighted by atomic mass is 9.85. The summed E-state index contributed by atoms with van der Waals surface area (Å²) in [5, 5.41) is 8.85. The molecule has 7 nitrogen and oxygen atoms in total. The summed E-state index contributed by atoms with van der Waals surface area (Å²) >= 11 is 0. The van der Waals surface area contributed by atoms with E-state index in [2.05, 4.69) is 16.1 Å². The van der Waals surface area contributed by atoms with Crippen molar-refractivity contribution in [1.29, 1.82) is 0 Å². The number of aromatic nitrogens is 6. The van der Waals surface area contributed by atoms with Crippen LogP contribution in [0.3, 0.4) is 0 Å². The van der Waals surface area contributed by atoms with Crippen LogP contribution in [0.1, 0.15) is 42.4 Å². The summed E-state index contributed by atoms with van der Waals surface area (Å²) in [5.74, 6) is 3.25. The van der Waals surface area contributed by atoms with Crippen molar-refractivity contribution in [2.24, 2.45) is 0 Å². The first-order valence-corrected chi connectivity index (χ1v) is 8.21. The first-order chi connectivity index (χ1) is 11.8. The minimum atomic E-state index is 0.521. The van der Waals surface area contributed by atoms with Crippen molar-refractivity contribution >= 4 is 0 Å². The number of nitrogens with zero attached hydrogens (tertiary/aromatic N) is 6. The number of methoxy groups -OCH3 is 1. The van der Waals surface area contributed by atoms with E-state index in [9.17, 15) is 0 Å². The van der Waals surface area contributed by atoms with E-state index in [-0.39, 0.29) is 0 Å². The summed E-state index contributed by atoms with van der Waals surface area (Å²) in [6, 6.07) is 8.09. The van der Waals surface area contributed by atoms with Crippen molar-refractivity contribution in [2.45, 2.75) is 38.3 Å². The summed E-state index contributed by atoms with van der Waals surface area (Å²) in [4.78, 5) is 8.75. The normalized spacial score (nSPS) is 14.5. The Morgan fingerprint density at radius 1 is 1.25 bits per heavy atom. The van der Waals surface area contributed by atoms with Gasteiger partial charge in [0.05, 0.1) is 13.7 Å². The third-order valence-electron chi connectivity index (χ3n) is 4.45. The SMILES string of the molecule is COc1cccc(Cn2nc(Cn3cncn3)nc2C2CCC2)c1. The van der Waals surface area contributed by atoms with Gasteiger partial charge in [-0.2, -0.15) is 10.2 Å². The summed E-state index contributed by atoms with van der Waals surface area (Å²) in [6.45, 7) is 1.25. The van der Waals surface area contributed by atoms with Gasteiger partial charge in [0, 0.05) is 5.92 Å². The molecule has 0 bridgehead atoms. The molecule has 1 fully saturated rings. The Morgan fingerprint density at radius 3 is 2.88 bits per heavy atom. The van der Waals surface area contributed by atoms with Crippen LogP contribution >= 0.6 is 0 Å². The van der Waals surface area contributed by atoms with Gasteiger partial charge in [0.15, 0.2) is 5.82 Å². The average molecular weight is 324 g/mol. The van der Waals surface area contributed by atoms with Crippen LogP contribution in [-0.2, 0) is 13.1 Å². The predicted molar refractivity (Wildman–Crippen MR) is 87.8 cm³/mol. The second-order valence-electron chi connectivity index (χ2n) is 6.12. The van der Waals surface area contributed by atoms with E-state index < -0.39 is 0 Å². The molecular weight excluding hydrogens is 304 g/mol. The standard InChI is InChI=1S/C17H20N6O/c1-24-15-7-2-4-13(8-15)9-23-17(14-5-3-6-14)20-16(21-23)10-22-12-18-11-19-22/h2,4,7-8,11-12,14H,3,5-6,9-10H2,1H3. The van der Waals surface area contributed by atoms with Gasteiger partial charge in [-0.05, 0) is 30.5 Å². The molecule has 1 aliphatic rings. The van der Waals surface area contributed by atoms with E-state index in [1.807, 2.05) is 22.9 Å². The van der Waals surface area contributed by atoms with Crippen LogP contribution in [0.25, 0.3) is 0 Å². The fraction of sp³-hybridized carbons (Fsp3) is 0.412. The Balaban J connectivity index is 1.61. The number of hydrogen-bond donors (Lipinski definition) is 0. The van der Waals surface area contributed by atoms with Crippen molar-refractivity contribution < 1.29 is 4.74 Å². The van der Waals surface area contributed by atoms with E-state index in [0.717, 1.165) is 23.0 Å². The molecule has 0 unspecified atom stereocenters. The maximum absolute atomic E-state index is 5.31. The largest absolute Gasteiger partial charge is 0.497 e. The Hall–Kier alpha value is -2.70. The topological polar surface area (TPSA) is 70.7 Å². The van der Waals surface area contributed by atoms with E-state index in [1.165, 1.54) is 25.6 Å². The summed E-state index contributed by atoms with van der Waals surface area (Å²) in [7, 11) is 1.69. The number of ether oxygens (including phenoxy) is 1. The molecule has 1 aromatic carbocycles. The molecule has 0 radical (unpaired) electrons. The number of hydrogen-bond acceptors (Lipinski definition) is 5. The van der Waals surface area contributed by atoms with Crippen molar-refractivity contribution in [3.63, 3.8) is 0 Å². The molecule has 4 rings (SSSR count). The van der Waals surface area contributed by atoms with Gasteiger partial charge in [0.2, 0.25) is 0 Å². The molecule has 2 aromatic heterocycles. The zero-order chi connectivity index (χ0) is 16.4. The van der Waals surface area contributed by atoms with Crippen LogP contribution in [0.2, 0.25) is 0 Å². The Morgan fingerprint density at radius 2 is 2.17 bits per heavy atom. The van der Waals surface area contributed by atoms with Crippen molar-refractivity contribution in [3.8, 4) is 5.75 Å². The molecule has 7 heteroatoms. The zero-order valence-corrected chi connectivity index (χ0v) is 13.7. The van der Waals surface area contributed by atoms with Crippen LogP contribution in [0.15, 0.2) is 36.9 Å². The van der Waals surface area contributed by atoms with Gasteiger partial charge in [-0.25, -0.2) is 19.3 Å². The molecule has 0 spiro atoms. The highest BCUT2D eigenvalue weighted by atomic mass is 16.5. The smallest absolute Gasteiger partial charge is 0.172 e. The van der Waals surface area contributed by atoms with Crippen LogP contribution in [0.5, 0.6) is 5.75 Å². The summed E-state index contributed by atoms with van der Waals surface area (Å²) in [5.41, 5.74) is 1.16. The highest BCUT2D eigenvalue weighted by Crippen LogP contribution is 2.35. The third kappa shape index (κ3) is 3.02. The molecule has 1 aliphatic carbocycles. The van der Waals surface area contributed by atoms with E-state index in [4.69, 9.17) is 14.8 Å². The molecule has 2 heterocycles. The van der Waals surface area contributed by atoms with Crippen LogP contribution in [0.4, 0.5) is 0 Å². The quantitative estimate of drug-likeness (QED) is 0.695. The lowest BCUT2D eigenvalue weighted by molar-refractivity contribution is 0.383. The van der Waals surface area contributed by atoms with E-state index >= 15 is 0 Å². The van der Waals surface area contributed by atoms with E-state index in [1.54, 1.807) is 18.1 Å². The Kier molecular flexibility index (Phi) is 3.98. The summed E-state index contributed by atoms with van der Waals surface area (Å²) < 4.78 is 9.09. The molecule has 0 aliphatic heterocycles. The molecular formula is C17H20N6O. The van der Waals surface area contributed by atoms with Gasteiger partial charge >= 0.3 is 0 Å². The maximum atomic E-state index is 5.31. The molecule has 0 atom stereocenters. The van der Waals surface area contributed by atoms with Gasteiger partial charge in [-0.1, -0.05) is 18.6 Å². The fourth-order valence-electron chi connectivity index (χ4n) is 2.96. The molecule has 124 valence electrons. The Bertz CT molecular complexity index is 806. The lowest BCUT2D eigenvalue weighted by Crippen LogP contribution is -2.16. The number of rotatable bonds is 6. The molecule has 0 N–H and O–H groups in total. The zero-order valence-electron chi connectivity index (χ0n) is 13.7. The second kappa shape index (κ2) is 6.43. The first-order valence-electron chi connectivity index (χ1n) is 8.21. The number of benzene rings is 1. The van der Waals surface area contributed by atoms with Gasteiger partial charge in [-0.3, -0.25) is 0 Å². The average Bonchev–Trinajstić information content (AvgIpc) is 3.17. The van der Waals surface area contributed by atoms with Crippen molar-refractivity contribution in [1.82, 2.24) is 29.5 Å². The third-order valence-corrected chi connectivity index (χ3v) is 4.45. The van der Waals surface area contributed by atoms with Crippen molar-refractivity contribution in [2.75, 3.05) is 7.11 Å². The lowest BCUT2D eigenvalue weighted by Gasteiger charge is -2.24. The van der Waals surface area contributed by atoms with Crippen LogP contribution in [0, 0.1) is 0 Å². The molecule has 3 aromatic rings. The second-order valence-corrected chi connectivity index (χ2v) is 6.12. The van der Waals surface area contributed by atoms with Gasteiger partial charge in [-0.15, -0.1) is 0 Å². The first kappa shape index (κ1) is 14.9. The molecule has 0 amide bonds. The Labute approximate surface area is 140 Å². The summed E-state index contributed by atoms with van der Waals surface area (Å²) in [6.07, 6.45) is 6.88. The minimum Gasteiger partial charge on any atom is -0.497 e. The molecule has 1 saturated carbocycles. The van der Waals surface area contributed by atoms with E-state index in [0.29, 0.717) is 19.0 Å². The van der Waals surface area contributed by atoms with Crippen LogP contribution < -0.4 is 4.74 Å². The monoisotopic (exact) mass is 324 g/mol. The van der Waals surface area contributed by atoms with Crippen LogP contribution in [-0.4, -0.2) is 36.6 Å². The highest BCUT2D eigenvalue weighted by Gasteiger charge is 2.26. The van der Waals surface area contributed by atoms with Gasteiger partial charge in [0.25, 0.3) is 0 Å². The fourth-order valence-corrected chi connectivity index (χ4v) is 2.96.